The van der Waals surface area contributed by atoms with Crippen molar-refractivity contribution in [1.29, 1.82) is 0 Å². The van der Waals surface area contributed by atoms with Crippen LogP contribution >= 0.6 is 0 Å². The summed E-state index contributed by atoms with van der Waals surface area (Å²) in [5.41, 5.74) is 2.77. The molecule has 0 saturated carbocycles. The molecule has 0 aliphatic carbocycles. The second kappa shape index (κ2) is 18.1. The van der Waals surface area contributed by atoms with Gasteiger partial charge in [0.1, 0.15) is 30.2 Å². The Hall–Kier alpha value is -3.29. The molecule has 296 valence electrons. The molecule has 1 fully saturated rings. The van der Waals surface area contributed by atoms with Crippen molar-refractivity contribution in [2.24, 2.45) is 5.41 Å². The predicted octanol–water partition coefficient (Wildman–Crippen LogP) is 3.93. The summed E-state index contributed by atoms with van der Waals surface area (Å²) in [6.07, 6.45) is -5.32. The topological polar surface area (TPSA) is 210 Å². The van der Waals surface area contributed by atoms with E-state index in [2.05, 4.69) is 21.7 Å². The van der Waals surface area contributed by atoms with Crippen molar-refractivity contribution in [3.05, 3.63) is 89.5 Å². The van der Waals surface area contributed by atoms with Gasteiger partial charge >= 0.3 is 16.4 Å². The molecule has 0 spiro atoms. The van der Waals surface area contributed by atoms with Crippen molar-refractivity contribution in [2.75, 3.05) is 36.7 Å². The molecule has 2 aliphatic rings. The first-order chi connectivity index (χ1) is 25.7. The van der Waals surface area contributed by atoms with Crippen LogP contribution in [-0.4, -0.2) is 102 Å². The second-order valence-electron chi connectivity index (χ2n) is 14.1. The number of amides is 2. The standard InChI is InChI=1S/C38H51N3O11S2/c1-5-7-18-38(6-2)23-53(46)30-17-16-27(41(3)4)20-28(30)31(35(38)44)25-14-11-15-26(19-25)39-37(45)40-36-33(43)34(50-21-24-12-9-8-10-13-24)32(42)29(52-36)22-51-54(47,48)49/h8-17,19-20,29,31-36,42-44H,5-7,18,21-23H2,1-4H3,(H2,39,40,45)(H,47,48,49)/t29-,31-,32-,33-,34+,35-,36-,38-,53?/m1/s1. The maximum absolute atomic E-state index is 14.0. The van der Waals surface area contributed by atoms with Crippen molar-refractivity contribution in [3.8, 4) is 0 Å². The number of urea groups is 1. The molecule has 0 radical (unpaired) electrons. The molecule has 0 bridgehead atoms. The van der Waals surface area contributed by atoms with Crippen molar-refractivity contribution < 1.29 is 51.3 Å². The van der Waals surface area contributed by atoms with E-state index in [0.717, 1.165) is 29.7 Å². The van der Waals surface area contributed by atoms with E-state index >= 15 is 0 Å². The molecular formula is C38H51N3O11S2. The predicted molar refractivity (Wildman–Crippen MR) is 204 cm³/mol. The molecule has 3 aromatic carbocycles. The lowest BCUT2D eigenvalue weighted by molar-refractivity contribution is -0.246. The average Bonchev–Trinajstić information content (AvgIpc) is 3.22. The summed E-state index contributed by atoms with van der Waals surface area (Å²) in [5.74, 6) is -0.260. The summed E-state index contributed by atoms with van der Waals surface area (Å²) in [5, 5.41) is 39.8. The maximum atomic E-state index is 14.0. The van der Waals surface area contributed by atoms with Gasteiger partial charge in [-0.2, -0.15) is 8.42 Å². The van der Waals surface area contributed by atoms with E-state index in [1.807, 2.05) is 56.3 Å². The lowest BCUT2D eigenvalue weighted by Gasteiger charge is -2.42. The zero-order valence-corrected chi connectivity index (χ0v) is 32.5. The number of carbonyl (C=O) groups is 1. The highest BCUT2D eigenvalue weighted by Gasteiger charge is 2.50. The van der Waals surface area contributed by atoms with Gasteiger partial charge in [0.15, 0.2) is 11.1 Å². The first kappa shape index (κ1) is 41.9. The first-order valence-electron chi connectivity index (χ1n) is 18.0. The third kappa shape index (κ3) is 9.92. The van der Waals surface area contributed by atoms with Gasteiger partial charge in [0.25, 0.3) is 0 Å². The largest absolute Gasteiger partial charge is 0.611 e. The van der Waals surface area contributed by atoms with Crippen LogP contribution in [0.5, 0.6) is 0 Å². The van der Waals surface area contributed by atoms with E-state index in [4.69, 9.17) is 14.0 Å². The number of hydrogen-bond acceptors (Lipinski definition) is 11. The van der Waals surface area contributed by atoms with E-state index in [1.54, 1.807) is 42.5 Å². The Morgan fingerprint density at radius 2 is 1.78 bits per heavy atom. The number of nitrogens with one attached hydrogen (secondary N) is 2. The number of ether oxygens (including phenoxy) is 2. The van der Waals surface area contributed by atoms with E-state index < -0.39 is 82.3 Å². The zero-order chi connectivity index (χ0) is 39.2. The fourth-order valence-corrected chi connectivity index (χ4v) is 9.40. The monoisotopic (exact) mass is 789 g/mol. The number of anilines is 2. The molecule has 2 heterocycles. The Bertz CT molecular complexity index is 1820. The lowest BCUT2D eigenvalue weighted by Crippen LogP contribution is -2.64. The van der Waals surface area contributed by atoms with Gasteiger partial charge in [0.2, 0.25) is 0 Å². The van der Waals surface area contributed by atoms with Crippen molar-refractivity contribution in [2.45, 2.75) is 93.7 Å². The number of unbranched alkanes of at least 4 members (excludes halogenated alkanes) is 1. The molecule has 6 N–H and O–H groups in total. The van der Waals surface area contributed by atoms with Crippen LogP contribution in [-0.2, 0) is 41.8 Å². The van der Waals surface area contributed by atoms with Crippen LogP contribution in [0.15, 0.2) is 77.7 Å². The molecule has 54 heavy (non-hydrogen) atoms. The highest BCUT2D eigenvalue weighted by Crippen LogP contribution is 2.49. The summed E-state index contributed by atoms with van der Waals surface area (Å²) < 4.78 is 61.7. The number of benzene rings is 3. The SMILES string of the molecule is CCCC[C@]1(CC)C[S+]([O-])c2ccc(N(C)C)cc2[C@@H](c2cccc(NC(=O)N[C@@H]3O[C@H](COS(=O)(=O)O)[C@@H](O)[C@H](OCc4ccccc4)[C@H]3O)c2)[C@H]1O. The minimum Gasteiger partial charge on any atom is -0.611 e. The fraction of sp³-hybridized carbons (Fsp3) is 0.500. The van der Waals surface area contributed by atoms with Gasteiger partial charge in [-0.15, -0.1) is 0 Å². The molecule has 5 rings (SSSR count). The Balaban J connectivity index is 1.41. The highest BCUT2D eigenvalue weighted by atomic mass is 32.3. The van der Waals surface area contributed by atoms with E-state index in [9.17, 15) is 33.1 Å². The quantitative estimate of drug-likeness (QED) is 0.101. The van der Waals surface area contributed by atoms with Gasteiger partial charge < -0.3 is 44.9 Å². The van der Waals surface area contributed by atoms with Gasteiger partial charge in [0.05, 0.1) is 19.3 Å². The summed E-state index contributed by atoms with van der Waals surface area (Å²) in [6, 6.07) is 20.9. The number of rotatable bonds is 14. The van der Waals surface area contributed by atoms with Gasteiger partial charge in [-0.3, -0.25) is 4.55 Å². The number of nitrogens with zero attached hydrogens (tertiary/aromatic N) is 1. The minimum absolute atomic E-state index is 0.0330. The summed E-state index contributed by atoms with van der Waals surface area (Å²) in [4.78, 5) is 16.1. The van der Waals surface area contributed by atoms with Crippen LogP contribution in [0.3, 0.4) is 0 Å². The van der Waals surface area contributed by atoms with Gasteiger partial charge in [0, 0.05) is 42.4 Å². The van der Waals surface area contributed by atoms with Gasteiger partial charge in [-0.25, -0.2) is 8.98 Å². The van der Waals surface area contributed by atoms with Crippen LogP contribution in [0.2, 0.25) is 0 Å². The van der Waals surface area contributed by atoms with Crippen molar-refractivity contribution >= 4 is 39.0 Å². The molecule has 1 saturated heterocycles. The third-order valence-corrected chi connectivity index (χ3v) is 12.4. The number of hydrogen-bond donors (Lipinski definition) is 6. The normalized spacial score (nSPS) is 28.5. The molecule has 14 nitrogen and oxygen atoms in total. The number of aliphatic hydroxyl groups is 3. The second-order valence-corrected chi connectivity index (χ2v) is 16.6. The van der Waals surface area contributed by atoms with Crippen LogP contribution in [0.25, 0.3) is 0 Å². The van der Waals surface area contributed by atoms with Crippen LogP contribution in [0, 0.1) is 5.41 Å². The van der Waals surface area contributed by atoms with E-state index in [1.165, 1.54) is 0 Å². The van der Waals surface area contributed by atoms with E-state index in [0.29, 0.717) is 34.7 Å². The molecule has 9 atom stereocenters. The Morgan fingerprint density at radius 1 is 1.04 bits per heavy atom. The number of fused-ring (bicyclic) bond motifs is 1. The van der Waals surface area contributed by atoms with Crippen LogP contribution in [0.4, 0.5) is 16.2 Å². The molecular weight excluding hydrogens is 739 g/mol. The van der Waals surface area contributed by atoms with E-state index in [-0.39, 0.29) is 6.61 Å². The average molecular weight is 790 g/mol. The molecule has 16 heteroatoms. The smallest absolute Gasteiger partial charge is 0.397 e. The molecule has 2 aliphatic heterocycles. The Labute approximate surface area is 320 Å². The van der Waals surface area contributed by atoms with Gasteiger partial charge in [-0.05, 0) is 65.5 Å². The molecule has 2 amide bonds. The molecule has 0 aromatic heterocycles. The minimum atomic E-state index is -4.91. The lowest BCUT2D eigenvalue weighted by atomic mass is 9.69. The van der Waals surface area contributed by atoms with Gasteiger partial charge in [-0.1, -0.05) is 69.2 Å². The van der Waals surface area contributed by atoms with Crippen LogP contribution in [0.1, 0.15) is 62.1 Å². The maximum Gasteiger partial charge on any atom is 0.397 e. The fourth-order valence-electron chi connectivity index (χ4n) is 7.23. The van der Waals surface area contributed by atoms with Crippen molar-refractivity contribution in [3.63, 3.8) is 0 Å². The number of carbonyl (C=O) groups excluding carboxylic acids is 1. The molecule has 1 unspecified atom stereocenters. The Kier molecular flexibility index (Phi) is 14.0. The summed E-state index contributed by atoms with van der Waals surface area (Å²) in [7, 11) is -1.08. The van der Waals surface area contributed by atoms with Crippen LogP contribution < -0.4 is 15.5 Å². The highest BCUT2D eigenvalue weighted by molar-refractivity contribution is 7.91. The summed E-state index contributed by atoms with van der Waals surface area (Å²) in [6.45, 7) is 3.25. The number of aliphatic hydroxyl groups excluding tert-OH is 3. The molecule has 3 aromatic rings. The Morgan fingerprint density at radius 3 is 2.44 bits per heavy atom. The first-order valence-corrected chi connectivity index (χ1v) is 20.7. The third-order valence-electron chi connectivity index (χ3n) is 10.3. The van der Waals surface area contributed by atoms with Crippen molar-refractivity contribution in [1.82, 2.24) is 5.32 Å². The zero-order valence-electron chi connectivity index (χ0n) is 30.8. The summed E-state index contributed by atoms with van der Waals surface area (Å²) >= 11 is -1.37.